The van der Waals surface area contributed by atoms with Gasteiger partial charge < -0.3 is 9.64 Å². The molecule has 1 amide bonds. The molecule has 2 aliphatic heterocycles. The van der Waals surface area contributed by atoms with Crippen molar-refractivity contribution in [2.75, 3.05) is 26.3 Å². The van der Waals surface area contributed by atoms with Crippen molar-refractivity contribution >= 4 is 5.91 Å². The summed E-state index contributed by atoms with van der Waals surface area (Å²) in [5.74, 6) is 1.13. The van der Waals surface area contributed by atoms with Crippen molar-refractivity contribution in [3.8, 4) is 0 Å². The summed E-state index contributed by atoms with van der Waals surface area (Å²) in [5.41, 5.74) is 0.250. The predicted molar refractivity (Wildman–Crippen MR) is 65.6 cm³/mol. The molecule has 0 bridgehead atoms. The molecule has 17 heavy (non-hydrogen) atoms. The van der Waals surface area contributed by atoms with Gasteiger partial charge in [0.1, 0.15) is 0 Å². The Hall–Kier alpha value is -0.570. The summed E-state index contributed by atoms with van der Waals surface area (Å²) in [6.07, 6.45) is 5.19. The van der Waals surface area contributed by atoms with Crippen LogP contribution in [-0.2, 0) is 9.53 Å². The highest BCUT2D eigenvalue weighted by atomic mass is 16.5. The van der Waals surface area contributed by atoms with Crippen molar-refractivity contribution in [3.05, 3.63) is 0 Å². The number of hydrogen-bond acceptors (Lipinski definition) is 2. The fraction of sp³-hybridized carbons (Fsp3) is 0.929. The number of carbonyl (C=O) groups is 1. The Bertz CT molecular complexity index is 331. The van der Waals surface area contributed by atoms with E-state index in [0.717, 1.165) is 19.0 Å². The molecule has 3 heteroatoms. The zero-order valence-corrected chi connectivity index (χ0v) is 11.0. The molecule has 1 atom stereocenters. The van der Waals surface area contributed by atoms with Crippen molar-refractivity contribution < 1.29 is 9.53 Å². The number of amides is 1. The third-order valence-corrected chi connectivity index (χ3v) is 5.38. The molecule has 0 aromatic rings. The molecule has 0 aromatic heterocycles. The second-order valence-electron chi connectivity index (χ2n) is 6.69. The van der Waals surface area contributed by atoms with Gasteiger partial charge in [-0.25, -0.2) is 0 Å². The minimum absolute atomic E-state index is 0.217. The van der Waals surface area contributed by atoms with E-state index in [-0.39, 0.29) is 5.41 Å². The first kappa shape index (κ1) is 11.5. The monoisotopic (exact) mass is 237 g/mol. The Morgan fingerprint density at radius 3 is 2.53 bits per heavy atom. The Morgan fingerprint density at radius 2 is 2.06 bits per heavy atom. The normalized spacial score (nSPS) is 34.0. The van der Waals surface area contributed by atoms with Crippen LogP contribution >= 0.6 is 0 Å². The molecular weight excluding hydrogens is 214 g/mol. The smallest absolute Gasteiger partial charge is 0.233 e. The molecule has 2 saturated heterocycles. The van der Waals surface area contributed by atoms with E-state index in [2.05, 4.69) is 11.8 Å². The average molecular weight is 237 g/mol. The highest BCUT2D eigenvalue weighted by Crippen LogP contribution is 2.51. The van der Waals surface area contributed by atoms with E-state index in [1.165, 1.54) is 25.7 Å². The lowest BCUT2D eigenvalue weighted by molar-refractivity contribution is -0.175. The van der Waals surface area contributed by atoms with Crippen molar-refractivity contribution in [1.29, 1.82) is 0 Å². The van der Waals surface area contributed by atoms with Gasteiger partial charge >= 0.3 is 0 Å². The predicted octanol–water partition coefficient (Wildman–Crippen LogP) is 2.06. The summed E-state index contributed by atoms with van der Waals surface area (Å²) in [7, 11) is 0. The van der Waals surface area contributed by atoms with Crippen molar-refractivity contribution in [2.45, 2.75) is 39.5 Å². The zero-order valence-electron chi connectivity index (χ0n) is 11.0. The number of rotatable bonds is 1. The van der Waals surface area contributed by atoms with E-state index in [1.807, 2.05) is 6.92 Å². The number of ether oxygens (including phenoxy) is 1. The van der Waals surface area contributed by atoms with Crippen molar-refractivity contribution in [2.24, 2.45) is 16.7 Å². The summed E-state index contributed by atoms with van der Waals surface area (Å²) in [5, 5.41) is 0. The van der Waals surface area contributed by atoms with Crippen LogP contribution in [0.25, 0.3) is 0 Å². The molecule has 0 unspecified atom stereocenters. The third kappa shape index (κ3) is 1.62. The zero-order chi connectivity index (χ0) is 12.1. The van der Waals surface area contributed by atoms with Gasteiger partial charge in [-0.3, -0.25) is 4.79 Å². The highest BCUT2D eigenvalue weighted by Gasteiger charge is 2.50. The highest BCUT2D eigenvalue weighted by molar-refractivity contribution is 5.83. The molecule has 3 rings (SSSR count). The number of likely N-dealkylation sites (tertiary alicyclic amines) is 1. The van der Waals surface area contributed by atoms with Gasteiger partial charge in [0.25, 0.3) is 0 Å². The fourth-order valence-electron chi connectivity index (χ4n) is 3.64. The van der Waals surface area contributed by atoms with E-state index in [9.17, 15) is 4.79 Å². The van der Waals surface area contributed by atoms with Crippen LogP contribution < -0.4 is 0 Å². The maximum Gasteiger partial charge on any atom is 0.233 e. The molecule has 0 aromatic carbocycles. The second-order valence-corrected chi connectivity index (χ2v) is 6.69. The van der Waals surface area contributed by atoms with Crippen molar-refractivity contribution in [3.63, 3.8) is 0 Å². The molecule has 1 spiro atoms. The number of carbonyl (C=O) groups excluding carboxylic acids is 1. The maximum atomic E-state index is 12.5. The van der Waals surface area contributed by atoms with Crippen LogP contribution in [0.3, 0.4) is 0 Å². The SMILES string of the molecule is C[C@H]1CCN(C(=O)C2(C)COC2)CC12CCC2. The lowest BCUT2D eigenvalue weighted by atomic mass is 9.59. The Labute approximate surface area is 104 Å². The Morgan fingerprint density at radius 1 is 1.35 bits per heavy atom. The van der Waals surface area contributed by atoms with Crippen LogP contribution in [-0.4, -0.2) is 37.1 Å². The molecule has 1 aliphatic carbocycles. The van der Waals surface area contributed by atoms with Gasteiger partial charge in [-0.1, -0.05) is 13.3 Å². The number of piperidine rings is 1. The lowest BCUT2D eigenvalue weighted by Gasteiger charge is -2.54. The average Bonchev–Trinajstić information content (AvgIpc) is 2.23. The van der Waals surface area contributed by atoms with Gasteiger partial charge in [-0.05, 0) is 37.5 Å². The fourth-order valence-corrected chi connectivity index (χ4v) is 3.64. The summed E-state index contributed by atoms with van der Waals surface area (Å²) >= 11 is 0. The largest absolute Gasteiger partial charge is 0.379 e. The molecule has 0 radical (unpaired) electrons. The summed E-state index contributed by atoms with van der Waals surface area (Å²) in [6.45, 7) is 7.61. The molecule has 3 fully saturated rings. The van der Waals surface area contributed by atoms with Gasteiger partial charge in [0.15, 0.2) is 0 Å². The van der Waals surface area contributed by atoms with Gasteiger partial charge in [0.2, 0.25) is 5.91 Å². The van der Waals surface area contributed by atoms with Crippen LogP contribution in [0.15, 0.2) is 0 Å². The minimum Gasteiger partial charge on any atom is -0.379 e. The first-order valence-corrected chi connectivity index (χ1v) is 6.93. The van der Waals surface area contributed by atoms with Crippen LogP contribution in [0.1, 0.15) is 39.5 Å². The van der Waals surface area contributed by atoms with E-state index < -0.39 is 0 Å². The van der Waals surface area contributed by atoms with Crippen molar-refractivity contribution in [1.82, 2.24) is 4.90 Å². The molecule has 2 heterocycles. The summed E-state index contributed by atoms with van der Waals surface area (Å²) in [6, 6.07) is 0. The number of hydrogen-bond donors (Lipinski definition) is 0. The van der Waals surface area contributed by atoms with E-state index in [4.69, 9.17) is 4.74 Å². The molecule has 3 aliphatic rings. The second kappa shape index (κ2) is 3.71. The minimum atomic E-state index is -0.217. The van der Waals surface area contributed by atoms with E-state index >= 15 is 0 Å². The molecule has 96 valence electrons. The van der Waals surface area contributed by atoms with Gasteiger partial charge in [0, 0.05) is 13.1 Å². The Kier molecular flexibility index (Phi) is 2.51. The molecule has 3 nitrogen and oxygen atoms in total. The lowest BCUT2D eigenvalue weighted by Crippen LogP contribution is -2.59. The summed E-state index contributed by atoms with van der Waals surface area (Å²) < 4.78 is 5.22. The quantitative estimate of drug-likeness (QED) is 0.698. The molecule has 1 saturated carbocycles. The van der Waals surface area contributed by atoms with Crippen LogP contribution in [0, 0.1) is 16.7 Å². The topological polar surface area (TPSA) is 29.5 Å². The van der Waals surface area contributed by atoms with Gasteiger partial charge in [0.05, 0.1) is 18.6 Å². The molecule has 0 N–H and O–H groups in total. The van der Waals surface area contributed by atoms with Crippen LogP contribution in [0.2, 0.25) is 0 Å². The Balaban J connectivity index is 1.70. The third-order valence-electron chi connectivity index (χ3n) is 5.38. The first-order valence-electron chi connectivity index (χ1n) is 6.93. The van der Waals surface area contributed by atoms with E-state index in [0.29, 0.717) is 24.5 Å². The van der Waals surface area contributed by atoms with Gasteiger partial charge in [-0.15, -0.1) is 0 Å². The first-order chi connectivity index (χ1) is 8.06. The van der Waals surface area contributed by atoms with E-state index in [1.54, 1.807) is 0 Å². The maximum absolute atomic E-state index is 12.5. The standard InChI is InChI=1S/C14H23NO2/c1-11-4-7-15(8-14(11)5-3-6-14)12(16)13(2)9-17-10-13/h11H,3-10H2,1-2H3/t11-/m0/s1. The van der Waals surface area contributed by atoms with Crippen LogP contribution in [0.5, 0.6) is 0 Å². The molecular formula is C14H23NO2. The number of nitrogens with zero attached hydrogens (tertiary/aromatic N) is 1. The van der Waals surface area contributed by atoms with Gasteiger partial charge in [-0.2, -0.15) is 0 Å². The summed E-state index contributed by atoms with van der Waals surface area (Å²) in [4.78, 5) is 14.6. The van der Waals surface area contributed by atoms with Crippen LogP contribution in [0.4, 0.5) is 0 Å².